The Hall–Kier alpha value is -1.55. The Morgan fingerprint density at radius 3 is 2.64 bits per heavy atom. The Bertz CT molecular complexity index is 574. The van der Waals surface area contributed by atoms with Crippen LogP contribution in [0.15, 0.2) is 18.2 Å². The van der Waals surface area contributed by atoms with E-state index < -0.39 is 0 Å². The molecule has 120 valence electrons. The lowest BCUT2D eigenvalue weighted by Crippen LogP contribution is -2.41. The number of likely N-dealkylation sites (tertiary alicyclic amines) is 1. The quantitative estimate of drug-likeness (QED) is 0.865. The molecule has 4 nitrogen and oxygen atoms in total. The number of nitrogens with one attached hydrogen (secondary N) is 1. The maximum absolute atomic E-state index is 12.1. The third-order valence-electron chi connectivity index (χ3n) is 5.40. The monoisotopic (exact) mass is 301 g/mol. The van der Waals surface area contributed by atoms with Gasteiger partial charge in [0.1, 0.15) is 0 Å². The molecule has 3 rings (SSSR count). The van der Waals surface area contributed by atoms with Crippen molar-refractivity contribution in [2.24, 2.45) is 0 Å². The summed E-state index contributed by atoms with van der Waals surface area (Å²) in [7, 11) is 5.79. The van der Waals surface area contributed by atoms with Crippen molar-refractivity contribution in [1.82, 2.24) is 15.1 Å². The van der Waals surface area contributed by atoms with Gasteiger partial charge in [0.2, 0.25) is 0 Å². The molecule has 1 heterocycles. The van der Waals surface area contributed by atoms with Gasteiger partial charge in [-0.15, -0.1) is 0 Å². The van der Waals surface area contributed by atoms with Crippen LogP contribution in [0, 0.1) is 6.92 Å². The van der Waals surface area contributed by atoms with Crippen molar-refractivity contribution in [3.8, 4) is 0 Å². The summed E-state index contributed by atoms with van der Waals surface area (Å²) in [5.41, 5.74) is 4.32. The Kier molecular flexibility index (Phi) is 3.89. The molecule has 0 saturated carbocycles. The molecule has 0 unspecified atom stereocenters. The van der Waals surface area contributed by atoms with E-state index in [1.165, 1.54) is 29.5 Å². The van der Waals surface area contributed by atoms with Crippen LogP contribution in [0.3, 0.4) is 0 Å². The maximum Gasteiger partial charge on any atom is 0.317 e. The van der Waals surface area contributed by atoms with Crippen molar-refractivity contribution < 1.29 is 4.79 Å². The van der Waals surface area contributed by atoms with Crippen molar-refractivity contribution in [2.75, 3.05) is 34.2 Å². The number of carbonyl (C=O) groups is 1. The molecule has 22 heavy (non-hydrogen) atoms. The van der Waals surface area contributed by atoms with Crippen molar-refractivity contribution in [3.05, 3.63) is 34.9 Å². The molecule has 0 bridgehead atoms. The number of rotatable bonds is 1. The van der Waals surface area contributed by atoms with E-state index in [9.17, 15) is 4.79 Å². The third kappa shape index (κ3) is 2.60. The number of hydrogen-bond acceptors (Lipinski definition) is 2. The summed E-state index contributed by atoms with van der Waals surface area (Å²) < 4.78 is 0. The zero-order valence-electron chi connectivity index (χ0n) is 14.1. The number of fused-ring (bicyclic) bond motifs is 2. The molecule has 1 N–H and O–H groups in total. The first-order chi connectivity index (χ1) is 10.4. The molecule has 0 radical (unpaired) electrons. The fourth-order valence-corrected chi connectivity index (χ4v) is 3.99. The van der Waals surface area contributed by atoms with E-state index >= 15 is 0 Å². The molecule has 1 spiro atoms. The van der Waals surface area contributed by atoms with E-state index in [0.717, 1.165) is 19.5 Å². The van der Waals surface area contributed by atoms with Crippen LogP contribution in [0.4, 0.5) is 4.79 Å². The van der Waals surface area contributed by atoms with Crippen LogP contribution in [-0.4, -0.2) is 50.1 Å². The predicted molar refractivity (Wildman–Crippen MR) is 89.2 cm³/mol. The first kappa shape index (κ1) is 15.3. The second-order valence-electron chi connectivity index (χ2n) is 7.27. The second kappa shape index (κ2) is 5.58. The molecular weight excluding hydrogens is 274 g/mol. The number of nitrogens with zero attached hydrogens (tertiary/aromatic N) is 2. The highest BCUT2D eigenvalue weighted by Gasteiger charge is 2.45. The molecule has 1 aliphatic heterocycles. The summed E-state index contributed by atoms with van der Waals surface area (Å²) >= 11 is 0. The highest BCUT2D eigenvalue weighted by Crippen LogP contribution is 2.50. The minimum Gasteiger partial charge on any atom is -0.331 e. The molecule has 0 aromatic heterocycles. The van der Waals surface area contributed by atoms with Gasteiger partial charge in [0.15, 0.2) is 0 Å². The predicted octanol–water partition coefficient (Wildman–Crippen LogP) is 2.67. The van der Waals surface area contributed by atoms with Gasteiger partial charge in [0, 0.05) is 19.5 Å². The van der Waals surface area contributed by atoms with E-state index in [2.05, 4.69) is 42.4 Å². The van der Waals surface area contributed by atoms with Gasteiger partial charge in [-0.05, 0) is 57.5 Å². The lowest BCUT2D eigenvalue weighted by atomic mass is 9.73. The molecule has 4 heteroatoms. The maximum atomic E-state index is 12.1. The summed E-state index contributed by atoms with van der Waals surface area (Å²) in [6.45, 7) is 4.41. The third-order valence-corrected chi connectivity index (χ3v) is 5.40. The van der Waals surface area contributed by atoms with E-state index in [1.54, 1.807) is 19.0 Å². The van der Waals surface area contributed by atoms with E-state index in [1.807, 2.05) is 0 Å². The topological polar surface area (TPSA) is 35.6 Å². The van der Waals surface area contributed by atoms with Crippen LogP contribution in [0.2, 0.25) is 0 Å². The minimum atomic E-state index is 0.00225. The van der Waals surface area contributed by atoms with Gasteiger partial charge in [0.05, 0.1) is 6.04 Å². The van der Waals surface area contributed by atoms with Gasteiger partial charge in [-0.25, -0.2) is 4.79 Å². The lowest BCUT2D eigenvalue weighted by Gasteiger charge is -2.39. The molecule has 1 saturated heterocycles. The number of aryl methyl sites for hydroxylation is 1. The Morgan fingerprint density at radius 2 is 2.00 bits per heavy atom. The average molecular weight is 301 g/mol. The van der Waals surface area contributed by atoms with Gasteiger partial charge in [-0.1, -0.05) is 23.8 Å². The van der Waals surface area contributed by atoms with Crippen LogP contribution < -0.4 is 5.32 Å². The van der Waals surface area contributed by atoms with Crippen LogP contribution in [0.1, 0.15) is 42.0 Å². The Balaban J connectivity index is 1.92. The van der Waals surface area contributed by atoms with Gasteiger partial charge >= 0.3 is 6.03 Å². The van der Waals surface area contributed by atoms with Crippen LogP contribution in [-0.2, 0) is 5.41 Å². The zero-order valence-corrected chi connectivity index (χ0v) is 14.1. The number of benzene rings is 1. The van der Waals surface area contributed by atoms with E-state index in [4.69, 9.17) is 0 Å². The molecule has 1 aromatic rings. The summed E-state index contributed by atoms with van der Waals surface area (Å²) in [6, 6.07) is 6.94. The molecule has 2 amide bonds. The van der Waals surface area contributed by atoms with Crippen molar-refractivity contribution >= 4 is 6.03 Å². The number of hydrogen-bond donors (Lipinski definition) is 1. The molecule has 1 aliphatic carbocycles. The zero-order chi connectivity index (χ0) is 15.9. The number of piperidine rings is 1. The number of carbonyl (C=O) groups excluding carboxylic acids is 1. The van der Waals surface area contributed by atoms with Gasteiger partial charge < -0.3 is 15.1 Å². The number of amides is 2. The largest absolute Gasteiger partial charge is 0.331 e. The first-order valence-corrected chi connectivity index (χ1v) is 8.19. The molecular formula is C18H27N3O. The Labute approximate surface area is 133 Å². The summed E-state index contributed by atoms with van der Waals surface area (Å²) in [5.74, 6) is 0. The van der Waals surface area contributed by atoms with Gasteiger partial charge in [-0.3, -0.25) is 0 Å². The van der Waals surface area contributed by atoms with Gasteiger partial charge in [0.25, 0.3) is 0 Å². The minimum absolute atomic E-state index is 0.00225. The second-order valence-corrected chi connectivity index (χ2v) is 7.27. The fourth-order valence-electron chi connectivity index (χ4n) is 3.99. The van der Waals surface area contributed by atoms with Crippen molar-refractivity contribution in [3.63, 3.8) is 0 Å². The highest BCUT2D eigenvalue weighted by molar-refractivity contribution is 5.74. The number of urea groups is 1. The molecule has 1 fully saturated rings. The van der Waals surface area contributed by atoms with Crippen molar-refractivity contribution in [2.45, 2.75) is 37.6 Å². The normalized spacial score (nSPS) is 23.4. The standard InChI is InChI=1S/C18H27N3O/c1-13-5-6-15-14(11-13)16(19-17(22)20(2)3)12-18(15)7-9-21(4)10-8-18/h5-6,11,16H,7-10,12H2,1-4H3,(H,19,22)/t16-/m0/s1. The lowest BCUT2D eigenvalue weighted by molar-refractivity contribution is 0.176. The Morgan fingerprint density at radius 1 is 1.32 bits per heavy atom. The van der Waals surface area contributed by atoms with E-state index in [-0.39, 0.29) is 17.5 Å². The van der Waals surface area contributed by atoms with Crippen molar-refractivity contribution in [1.29, 1.82) is 0 Å². The van der Waals surface area contributed by atoms with Gasteiger partial charge in [-0.2, -0.15) is 0 Å². The summed E-state index contributed by atoms with van der Waals surface area (Å²) in [5, 5.41) is 3.22. The molecule has 1 atom stereocenters. The first-order valence-electron chi connectivity index (χ1n) is 8.19. The summed E-state index contributed by atoms with van der Waals surface area (Å²) in [6.07, 6.45) is 3.42. The molecule has 1 aromatic carbocycles. The SMILES string of the molecule is Cc1ccc2c(c1)[C@@H](NC(=O)N(C)C)CC21CCN(C)CC1. The van der Waals surface area contributed by atoms with Crippen LogP contribution in [0.5, 0.6) is 0 Å². The van der Waals surface area contributed by atoms with Crippen LogP contribution >= 0.6 is 0 Å². The van der Waals surface area contributed by atoms with E-state index in [0.29, 0.717) is 0 Å². The fraction of sp³-hybridized carbons (Fsp3) is 0.611. The smallest absolute Gasteiger partial charge is 0.317 e. The molecule has 2 aliphatic rings. The summed E-state index contributed by atoms with van der Waals surface area (Å²) in [4.78, 5) is 16.2. The average Bonchev–Trinajstić information content (AvgIpc) is 2.76. The van der Waals surface area contributed by atoms with Crippen LogP contribution in [0.25, 0.3) is 0 Å². The highest BCUT2D eigenvalue weighted by atomic mass is 16.2.